The van der Waals surface area contributed by atoms with Crippen LogP contribution >= 0.6 is 24.8 Å². The molecular formula is C34H46Cl2SiZr. The first-order chi connectivity index (χ1) is 17.4. The summed E-state index contributed by atoms with van der Waals surface area (Å²) in [5, 5.41) is 0. The van der Waals surface area contributed by atoms with Crippen molar-refractivity contribution in [3.05, 3.63) is 106 Å². The second-order valence-electron chi connectivity index (χ2n) is 11.2. The molecule has 0 saturated heterocycles. The van der Waals surface area contributed by atoms with Gasteiger partial charge in [-0.3, -0.25) is 0 Å². The molecule has 0 aliphatic heterocycles. The summed E-state index contributed by atoms with van der Waals surface area (Å²) in [5.74, 6) is 0. The van der Waals surface area contributed by atoms with Crippen molar-refractivity contribution < 1.29 is 19.4 Å². The third-order valence-electron chi connectivity index (χ3n) is 8.24. The molecule has 0 amide bonds. The third-order valence-corrected chi connectivity index (χ3v) is 25.9. The van der Waals surface area contributed by atoms with Gasteiger partial charge < -0.3 is 0 Å². The summed E-state index contributed by atoms with van der Waals surface area (Å²) >= 11 is -2.55. The molecule has 0 aromatic heterocycles. The van der Waals surface area contributed by atoms with Crippen LogP contribution in [-0.4, -0.2) is 7.37 Å². The number of halogens is 2. The second-order valence-corrected chi connectivity index (χ2v) is 35.7. The van der Waals surface area contributed by atoms with E-state index in [-0.39, 0.29) is 24.8 Å². The van der Waals surface area contributed by atoms with Crippen molar-refractivity contribution in [3.63, 3.8) is 0 Å². The van der Waals surface area contributed by atoms with Crippen LogP contribution in [0.3, 0.4) is 0 Å². The molecule has 0 fully saturated rings. The predicted molar refractivity (Wildman–Crippen MR) is 176 cm³/mol. The fraction of sp³-hybridized carbons (Fsp3) is 0.353. The van der Waals surface area contributed by atoms with Gasteiger partial charge in [0.25, 0.3) is 0 Å². The van der Waals surface area contributed by atoms with E-state index in [1.807, 2.05) is 0 Å². The molecule has 3 atom stereocenters. The van der Waals surface area contributed by atoms with E-state index in [1.54, 1.807) is 22.3 Å². The Hall–Kier alpha value is -1.18. The Labute approximate surface area is 251 Å². The molecule has 0 heterocycles. The van der Waals surface area contributed by atoms with E-state index in [9.17, 15) is 0 Å². The zero-order valence-electron chi connectivity index (χ0n) is 24.1. The van der Waals surface area contributed by atoms with E-state index < -0.39 is 19.4 Å². The van der Waals surface area contributed by atoms with Crippen molar-refractivity contribution in [2.24, 2.45) is 0 Å². The van der Waals surface area contributed by atoms with Gasteiger partial charge in [-0.1, -0.05) is 39.5 Å². The first-order valence-electron chi connectivity index (χ1n) is 14.1. The summed E-state index contributed by atoms with van der Waals surface area (Å²) in [6, 6.07) is 27.2. The molecule has 5 rings (SSSR count). The largest absolute Gasteiger partial charge is 0.147 e. The van der Waals surface area contributed by atoms with Crippen molar-refractivity contribution in [2.45, 2.75) is 71.7 Å². The summed E-state index contributed by atoms with van der Waals surface area (Å²) in [7, 11) is 1.35. The van der Waals surface area contributed by atoms with Crippen LogP contribution in [-0.2, 0) is 19.4 Å². The smallest absolute Gasteiger partial charge is 0.0536 e. The van der Waals surface area contributed by atoms with Crippen molar-refractivity contribution in [1.82, 2.24) is 0 Å². The van der Waals surface area contributed by atoms with Crippen LogP contribution in [0, 0.1) is 0 Å². The molecular weight excluding hydrogens is 599 g/mol. The summed E-state index contributed by atoms with van der Waals surface area (Å²) < 4.78 is 4.17. The minimum atomic E-state index is -2.55. The Bertz CT molecular complexity index is 1240. The van der Waals surface area contributed by atoms with Crippen LogP contribution in [0.25, 0.3) is 23.3 Å². The molecule has 0 spiro atoms. The van der Waals surface area contributed by atoms with Crippen molar-refractivity contribution in [1.29, 1.82) is 0 Å². The molecule has 2 aliphatic rings. The quantitative estimate of drug-likeness (QED) is 0.177. The van der Waals surface area contributed by atoms with Gasteiger partial charge in [0.15, 0.2) is 0 Å². The van der Waals surface area contributed by atoms with Crippen LogP contribution in [0.4, 0.5) is 0 Å². The average molecular weight is 645 g/mol. The van der Waals surface area contributed by atoms with Gasteiger partial charge in [0.1, 0.15) is 0 Å². The van der Waals surface area contributed by atoms with E-state index >= 15 is 0 Å². The number of fused-ring (bicyclic) bond motifs is 2. The number of unbranched alkanes of at least 4 members (excludes halogenated alkanes) is 3. The Morgan fingerprint density at radius 1 is 0.711 bits per heavy atom. The van der Waals surface area contributed by atoms with E-state index in [0.29, 0.717) is 3.63 Å². The molecule has 204 valence electrons. The Morgan fingerprint density at radius 3 is 1.95 bits per heavy atom. The number of rotatable bonds is 7. The van der Waals surface area contributed by atoms with Crippen LogP contribution in [0.2, 0.25) is 4.63 Å². The van der Waals surface area contributed by atoms with E-state index in [4.69, 9.17) is 0 Å². The Kier molecular flexibility index (Phi) is 13.0. The fourth-order valence-electron chi connectivity index (χ4n) is 6.65. The summed E-state index contributed by atoms with van der Waals surface area (Å²) in [6.07, 6.45) is 11.8. The third kappa shape index (κ3) is 6.75. The molecule has 38 heavy (non-hydrogen) atoms. The minimum Gasteiger partial charge on any atom is -0.147 e. The average Bonchev–Trinajstić information content (AvgIpc) is 3.46. The van der Waals surface area contributed by atoms with Gasteiger partial charge in [0.05, 0.1) is 0 Å². The first kappa shape index (κ1) is 33.0. The molecule has 0 saturated carbocycles. The first-order valence-corrected chi connectivity index (χ1v) is 27.8. The minimum absolute atomic E-state index is 0. The van der Waals surface area contributed by atoms with Gasteiger partial charge in [-0.25, -0.2) is 0 Å². The van der Waals surface area contributed by atoms with E-state index in [1.165, 1.54) is 61.7 Å². The summed E-state index contributed by atoms with van der Waals surface area (Å²) in [6.45, 7) is 9.22. The van der Waals surface area contributed by atoms with Gasteiger partial charge in [-0.05, 0) is 0 Å². The number of hydrogen-bond acceptors (Lipinski definition) is 0. The van der Waals surface area contributed by atoms with Crippen molar-refractivity contribution in [3.8, 4) is 11.1 Å². The van der Waals surface area contributed by atoms with Crippen molar-refractivity contribution in [2.75, 3.05) is 0 Å². The molecule has 3 aromatic carbocycles. The van der Waals surface area contributed by atoms with E-state index in [0.717, 1.165) is 3.63 Å². The molecule has 4 heteroatoms. The molecule has 0 nitrogen and oxygen atoms in total. The van der Waals surface area contributed by atoms with Gasteiger partial charge >= 0.3 is 188 Å². The van der Waals surface area contributed by atoms with Crippen LogP contribution < -0.4 is 0 Å². The predicted octanol–water partition coefficient (Wildman–Crippen LogP) is 10.3. The maximum atomic E-state index is 2.75. The topological polar surface area (TPSA) is 0 Å². The maximum Gasteiger partial charge on any atom is -0.0536 e. The molecule has 0 N–H and O–H groups in total. The van der Waals surface area contributed by atoms with Gasteiger partial charge in [0, 0.05) is 0 Å². The zero-order valence-corrected chi connectivity index (χ0v) is 30.2. The van der Waals surface area contributed by atoms with Crippen LogP contribution in [0.15, 0.2) is 83.9 Å². The standard InChI is InChI=1S/C16H13.C11H11.C6H14.CH3.2ClH.H3Si.Zr/c1-12-10-14-8-5-9-15(16(14)11-12)13-6-3-2-4-7-13;1-2-9-7-10-5-3-4-6-11(10)8-9;1-3-5-6-4-2;;;;;/h2-11H,1H3;3-8H,2H2,1H3;3-6H2,1-2H3;1H3;2*1H;1H3;. The van der Waals surface area contributed by atoms with Crippen molar-refractivity contribution >= 4 is 44.3 Å². The molecule has 2 aliphatic carbocycles. The SMILES string of the molecule is CCC1=Cc2ccccc2[CH]1[Zr]([CH3])([SiH3])[CH]1C(C)=Cc2c(-c3ccccc3)cccc21.CCCCCC.Cl.Cl. The van der Waals surface area contributed by atoms with Gasteiger partial charge in [-0.15, -0.1) is 24.8 Å². The normalized spacial score (nSPS) is 18.4. The molecule has 0 bridgehead atoms. The molecule has 0 radical (unpaired) electrons. The van der Waals surface area contributed by atoms with E-state index in [2.05, 4.69) is 117 Å². The number of allylic oxidation sites excluding steroid dienone is 2. The fourth-order valence-corrected chi connectivity index (χ4v) is 27.4. The zero-order chi connectivity index (χ0) is 25.7. The van der Waals surface area contributed by atoms with Crippen LogP contribution in [0.5, 0.6) is 0 Å². The molecule has 3 aromatic rings. The monoisotopic (exact) mass is 642 g/mol. The van der Waals surface area contributed by atoms with Gasteiger partial charge in [-0.2, -0.15) is 0 Å². The Balaban J connectivity index is 0.000000573. The summed E-state index contributed by atoms with van der Waals surface area (Å²) in [5.41, 5.74) is 12.3. The van der Waals surface area contributed by atoms with Gasteiger partial charge in [0.2, 0.25) is 0 Å². The Morgan fingerprint density at radius 2 is 1.32 bits per heavy atom. The summed E-state index contributed by atoms with van der Waals surface area (Å²) in [4.78, 5) is 0. The van der Waals surface area contributed by atoms with Crippen LogP contribution in [0.1, 0.15) is 89.3 Å². The number of benzene rings is 3. The molecule has 3 unspecified atom stereocenters. The maximum absolute atomic E-state index is 2.75. The second kappa shape index (κ2) is 15.0. The number of hydrogen-bond donors (Lipinski definition) is 0.